The van der Waals surface area contributed by atoms with E-state index in [1.807, 2.05) is 0 Å². The van der Waals surface area contributed by atoms with Crippen molar-refractivity contribution < 1.29 is 13.2 Å². The van der Waals surface area contributed by atoms with Gasteiger partial charge in [0.2, 0.25) is 0 Å². The minimum Gasteiger partial charge on any atom is -0.329 e. The lowest BCUT2D eigenvalue weighted by Gasteiger charge is -2.11. The van der Waals surface area contributed by atoms with Crippen LogP contribution in [0, 0.1) is 5.82 Å². The molecule has 1 aromatic carbocycles. The fourth-order valence-corrected chi connectivity index (χ4v) is 1.11. The SMILES string of the molecule is NC[C@H](N)c1cc(C(F)F)ccc1F. The van der Waals surface area contributed by atoms with Gasteiger partial charge in [-0.3, -0.25) is 0 Å². The monoisotopic (exact) mass is 204 g/mol. The molecule has 0 unspecified atom stereocenters. The Hall–Kier alpha value is -1.07. The minimum atomic E-state index is -2.63. The van der Waals surface area contributed by atoms with Gasteiger partial charge in [0.1, 0.15) is 5.82 Å². The van der Waals surface area contributed by atoms with Crippen LogP contribution in [-0.2, 0) is 0 Å². The van der Waals surface area contributed by atoms with Crippen molar-refractivity contribution >= 4 is 0 Å². The normalized spacial score (nSPS) is 13.3. The summed E-state index contributed by atoms with van der Waals surface area (Å²) in [7, 11) is 0. The third-order valence-electron chi connectivity index (χ3n) is 1.93. The molecule has 14 heavy (non-hydrogen) atoms. The third-order valence-corrected chi connectivity index (χ3v) is 1.93. The summed E-state index contributed by atoms with van der Waals surface area (Å²) in [6.45, 7) is 0.0175. The molecule has 0 bridgehead atoms. The molecule has 0 radical (unpaired) electrons. The van der Waals surface area contributed by atoms with Crippen LogP contribution < -0.4 is 11.5 Å². The largest absolute Gasteiger partial charge is 0.329 e. The number of hydrogen-bond acceptors (Lipinski definition) is 2. The fraction of sp³-hybridized carbons (Fsp3) is 0.333. The maximum absolute atomic E-state index is 13.1. The van der Waals surface area contributed by atoms with Crippen molar-refractivity contribution in [1.82, 2.24) is 0 Å². The summed E-state index contributed by atoms with van der Waals surface area (Å²) in [4.78, 5) is 0. The van der Waals surface area contributed by atoms with Crippen molar-refractivity contribution in [3.8, 4) is 0 Å². The zero-order valence-corrected chi connectivity index (χ0v) is 7.38. The molecule has 1 aromatic rings. The summed E-state index contributed by atoms with van der Waals surface area (Å²) in [6, 6.07) is 2.32. The van der Waals surface area contributed by atoms with Crippen LogP contribution in [-0.4, -0.2) is 6.54 Å². The van der Waals surface area contributed by atoms with Gasteiger partial charge in [-0.2, -0.15) is 0 Å². The van der Waals surface area contributed by atoms with Gasteiger partial charge < -0.3 is 11.5 Å². The molecule has 78 valence electrons. The average molecular weight is 204 g/mol. The van der Waals surface area contributed by atoms with Crippen LogP contribution in [0.15, 0.2) is 18.2 Å². The van der Waals surface area contributed by atoms with Crippen LogP contribution in [0.3, 0.4) is 0 Å². The van der Waals surface area contributed by atoms with Crippen molar-refractivity contribution in [3.63, 3.8) is 0 Å². The molecule has 2 nitrogen and oxygen atoms in total. The summed E-state index contributed by atoms with van der Waals surface area (Å²) in [6.07, 6.45) is -2.63. The van der Waals surface area contributed by atoms with E-state index >= 15 is 0 Å². The Bertz CT molecular complexity index is 315. The van der Waals surface area contributed by atoms with E-state index in [0.717, 1.165) is 18.2 Å². The predicted molar refractivity (Wildman–Crippen MR) is 47.3 cm³/mol. The highest BCUT2D eigenvalue weighted by molar-refractivity contribution is 5.28. The van der Waals surface area contributed by atoms with Crippen molar-refractivity contribution in [2.24, 2.45) is 11.5 Å². The Morgan fingerprint density at radius 3 is 2.43 bits per heavy atom. The first kappa shape index (κ1) is 11.0. The minimum absolute atomic E-state index is 0.0175. The Morgan fingerprint density at radius 2 is 1.93 bits per heavy atom. The van der Waals surface area contributed by atoms with Gasteiger partial charge in [-0.15, -0.1) is 0 Å². The van der Waals surface area contributed by atoms with E-state index in [4.69, 9.17) is 11.5 Å². The van der Waals surface area contributed by atoms with Crippen LogP contribution in [0.2, 0.25) is 0 Å². The molecule has 0 fully saturated rings. The zero-order valence-electron chi connectivity index (χ0n) is 7.38. The van der Waals surface area contributed by atoms with E-state index in [9.17, 15) is 13.2 Å². The summed E-state index contributed by atoms with van der Waals surface area (Å²) >= 11 is 0. The van der Waals surface area contributed by atoms with E-state index in [0.29, 0.717) is 0 Å². The lowest BCUT2D eigenvalue weighted by molar-refractivity contribution is 0.151. The Morgan fingerprint density at radius 1 is 1.29 bits per heavy atom. The van der Waals surface area contributed by atoms with Crippen LogP contribution in [0.25, 0.3) is 0 Å². The zero-order chi connectivity index (χ0) is 10.7. The molecule has 0 heterocycles. The fourth-order valence-electron chi connectivity index (χ4n) is 1.11. The highest BCUT2D eigenvalue weighted by Crippen LogP contribution is 2.23. The maximum atomic E-state index is 13.1. The van der Waals surface area contributed by atoms with E-state index in [1.54, 1.807) is 0 Å². The number of alkyl halides is 2. The molecule has 0 spiro atoms. The number of nitrogens with two attached hydrogens (primary N) is 2. The van der Waals surface area contributed by atoms with Crippen LogP contribution >= 0.6 is 0 Å². The smallest absolute Gasteiger partial charge is 0.263 e. The predicted octanol–water partition coefficient (Wildman–Crippen LogP) is 1.72. The topological polar surface area (TPSA) is 52.0 Å². The molecular weight excluding hydrogens is 193 g/mol. The van der Waals surface area contributed by atoms with E-state index in [-0.39, 0.29) is 17.7 Å². The van der Waals surface area contributed by atoms with Gasteiger partial charge in [0.25, 0.3) is 6.43 Å². The van der Waals surface area contributed by atoms with Crippen LogP contribution in [0.1, 0.15) is 23.6 Å². The van der Waals surface area contributed by atoms with Crippen LogP contribution in [0.4, 0.5) is 13.2 Å². The average Bonchev–Trinajstić information content (AvgIpc) is 2.17. The second-order valence-electron chi connectivity index (χ2n) is 2.92. The molecular formula is C9H11F3N2. The highest BCUT2D eigenvalue weighted by Gasteiger charge is 2.14. The molecule has 0 aliphatic rings. The second kappa shape index (κ2) is 4.43. The Balaban J connectivity index is 3.08. The molecule has 0 aromatic heterocycles. The highest BCUT2D eigenvalue weighted by atomic mass is 19.3. The number of hydrogen-bond donors (Lipinski definition) is 2. The molecule has 0 amide bonds. The molecule has 5 heteroatoms. The van der Waals surface area contributed by atoms with Crippen molar-refractivity contribution in [2.75, 3.05) is 6.54 Å². The first-order chi connectivity index (χ1) is 6.56. The van der Waals surface area contributed by atoms with E-state index in [2.05, 4.69) is 0 Å². The first-order valence-corrected chi connectivity index (χ1v) is 4.09. The number of rotatable bonds is 3. The van der Waals surface area contributed by atoms with Crippen molar-refractivity contribution in [1.29, 1.82) is 0 Å². The Kier molecular flexibility index (Phi) is 3.49. The summed E-state index contributed by atoms with van der Waals surface area (Å²) in [5.74, 6) is -0.604. The van der Waals surface area contributed by atoms with Gasteiger partial charge in [0, 0.05) is 23.7 Å². The summed E-state index contributed by atoms with van der Waals surface area (Å²) in [5, 5.41) is 0. The van der Waals surface area contributed by atoms with Gasteiger partial charge in [-0.1, -0.05) is 6.07 Å². The number of benzene rings is 1. The van der Waals surface area contributed by atoms with Gasteiger partial charge in [-0.05, 0) is 12.1 Å². The lowest BCUT2D eigenvalue weighted by Crippen LogP contribution is -2.22. The standard InChI is InChI=1S/C9H11F3N2/c10-7-2-1-5(9(11)12)3-6(7)8(14)4-13/h1-3,8-9H,4,13-14H2/t8-/m0/s1. The summed E-state index contributed by atoms with van der Waals surface area (Å²) in [5.41, 5.74) is 10.5. The van der Waals surface area contributed by atoms with Gasteiger partial charge in [-0.25, -0.2) is 13.2 Å². The first-order valence-electron chi connectivity index (χ1n) is 4.09. The lowest BCUT2D eigenvalue weighted by atomic mass is 10.0. The van der Waals surface area contributed by atoms with Gasteiger partial charge in [0.05, 0.1) is 0 Å². The quantitative estimate of drug-likeness (QED) is 0.787. The molecule has 0 saturated carbocycles. The second-order valence-corrected chi connectivity index (χ2v) is 2.92. The Labute approximate surface area is 79.7 Å². The third kappa shape index (κ3) is 2.24. The van der Waals surface area contributed by atoms with Crippen molar-refractivity contribution in [2.45, 2.75) is 12.5 Å². The van der Waals surface area contributed by atoms with E-state index < -0.39 is 18.3 Å². The van der Waals surface area contributed by atoms with E-state index in [1.165, 1.54) is 0 Å². The number of halogens is 3. The van der Waals surface area contributed by atoms with Crippen molar-refractivity contribution in [3.05, 3.63) is 35.1 Å². The molecule has 0 aliphatic carbocycles. The molecule has 1 rings (SSSR count). The van der Waals surface area contributed by atoms with Gasteiger partial charge >= 0.3 is 0 Å². The maximum Gasteiger partial charge on any atom is 0.263 e. The summed E-state index contributed by atoms with van der Waals surface area (Å²) < 4.78 is 37.6. The molecule has 0 saturated heterocycles. The van der Waals surface area contributed by atoms with Gasteiger partial charge in [0.15, 0.2) is 0 Å². The molecule has 1 atom stereocenters. The molecule has 4 N–H and O–H groups in total. The van der Waals surface area contributed by atoms with Crippen LogP contribution in [0.5, 0.6) is 0 Å². The molecule has 0 aliphatic heterocycles.